The van der Waals surface area contributed by atoms with Gasteiger partial charge in [0.2, 0.25) is 5.95 Å². The summed E-state index contributed by atoms with van der Waals surface area (Å²) in [6, 6.07) is 15.0. The number of hydrogen-bond donors (Lipinski definition) is 2. The summed E-state index contributed by atoms with van der Waals surface area (Å²) in [5.41, 5.74) is 4.09. The van der Waals surface area contributed by atoms with Crippen LogP contribution in [0, 0.1) is 13.8 Å². The highest BCUT2D eigenvalue weighted by molar-refractivity contribution is 9.10. The van der Waals surface area contributed by atoms with Crippen LogP contribution in [0.5, 0.6) is 0 Å². The van der Waals surface area contributed by atoms with Gasteiger partial charge in [-0.2, -0.15) is 0 Å². The molecule has 0 saturated heterocycles. The van der Waals surface area contributed by atoms with Gasteiger partial charge in [0.15, 0.2) is 0 Å². The lowest BCUT2D eigenvalue weighted by molar-refractivity contribution is 0.102. The average molecular weight is 397 g/mol. The van der Waals surface area contributed by atoms with Crippen molar-refractivity contribution in [3.63, 3.8) is 0 Å². The summed E-state index contributed by atoms with van der Waals surface area (Å²) in [4.78, 5) is 20.9. The first-order valence-electron chi connectivity index (χ1n) is 7.76. The van der Waals surface area contributed by atoms with Crippen molar-refractivity contribution in [2.75, 3.05) is 10.6 Å². The van der Waals surface area contributed by atoms with Crippen molar-refractivity contribution in [1.82, 2.24) is 9.97 Å². The maximum absolute atomic E-state index is 12.5. The van der Waals surface area contributed by atoms with E-state index in [2.05, 4.69) is 36.5 Å². The number of rotatable bonds is 4. The lowest BCUT2D eigenvalue weighted by atomic mass is 10.1. The highest BCUT2D eigenvalue weighted by Crippen LogP contribution is 2.19. The smallest absolute Gasteiger partial charge is 0.274 e. The van der Waals surface area contributed by atoms with Gasteiger partial charge in [0, 0.05) is 22.0 Å². The van der Waals surface area contributed by atoms with Crippen LogP contribution in [0.4, 0.5) is 17.3 Å². The van der Waals surface area contributed by atoms with Crippen LogP contribution in [0.15, 0.2) is 59.2 Å². The fourth-order valence-electron chi connectivity index (χ4n) is 2.28. The Labute approximate surface area is 154 Å². The normalized spacial score (nSPS) is 10.4. The summed E-state index contributed by atoms with van der Waals surface area (Å²) in [7, 11) is 0. The molecule has 6 heteroatoms. The quantitative estimate of drug-likeness (QED) is 0.661. The largest absolute Gasteiger partial charge is 0.324 e. The van der Waals surface area contributed by atoms with Gasteiger partial charge in [-0.25, -0.2) is 9.97 Å². The molecule has 0 aliphatic rings. The summed E-state index contributed by atoms with van der Waals surface area (Å²) in [6.45, 7) is 3.99. The Morgan fingerprint density at radius 3 is 2.56 bits per heavy atom. The highest BCUT2D eigenvalue weighted by Gasteiger charge is 2.11. The molecule has 126 valence electrons. The SMILES string of the molecule is Cc1cccc(NC(=O)c2ccnc(Nc3ccc(Br)cc3)n2)c1C. The van der Waals surface area contributed by atoms with Gasteiger partial charge in [-0.1, -0.05) is 28.1 Å². The van der Waals surface area contributed by atoms with Gasteiger partial charge in [-0.3, -0.25) is 4.79 Å². The van der Waals surface area contributed by atoms with E-state index in [0.29, 0.717) is 11.6 Å². The molecule has 2 N–H and O–H groups in total. The van der Waals surface area contributed by atoms with Crippen molar-refractivity contribution < 1.29 is 4.79 Å². The molecule has 0 unspecified atom stereocenters. The zero-order valence-corrected chi connectivity index (χ0v) is 15.5. The molecule has 1 heterocycles. The van der Waals surface area contributed by atoms with E-state index in [1.54, 1.807) is 12.3 Å². The first-order chi connectivity index (χ1) is 12.0. The van der Waals surface area contributed by atoms with Crippen molar-refractivity contribution in [1.29, 1.82) is 0 Å². The molecule has 1 amide bonds. The molecule has 25 heavy (non-hydrogen) atoms. The third-order valence-corrected chi connectivity index (χ3v) is 4.37. The summed E-state index contributed by atoms with van der Waals surface area (Å²) in [6.07, 6.45) is 1.56. The number of aromatic nitrogens is 2. The molecule has 1 aromatic heterocycles. The number of halogens is 1. The second-order valence-electron chi connectivity index (χ2n) is 5.60. The molecule has 3 rings (SSSR count). The molecule has 0 atom stereocenters. The Bertz CT molecular complexity index is 910. The number of benzene rings is 2. The zero-order valence-electron chi connectivity index (χ0n) is 13.9. The van der Waals surface area contributed by atoms with Crippen LogP contribution in [0.2, 0.25) is 0 Å². The van der Waals surface area contributed by atoms with Gasteiger partial charge in [0.05, 0.1) is 0 Å². The van der Waals surface area contributed by atoms with Gasteiger partial charge in [0.25, 0.3) is 5.91 Å². The maximum atomic E-state index is 12.5. The molecular formula is C19H17BrN4O. The standard InChI is InChI=1S/C19H17BrN4O/c1-12-4-3-5-16(13(12)2)23-18(25)17-10-11-21-19(24-17)22-15-8-6-14(20)7-9-15/h3-11H,1-2H3,(H,23,25)(H,21,22,24). The van der Waals surface area contributed by atoms with Crippen LogP contribution >= 0.6 is 15.9 Å². The van der Waals surface area contributed by atoms with Crippen molar-refractivity contribution >= 4 is 39.2 Å². The second kappa shape index (κ2) is 7.44. The average Bonchev–Trinajstić information content (AvgIpc) is 2.61. The summed E-state index contributed by atoms with van der Waals surface area (Å²) in [5.74, 6) is 0.103. The van der Waals surface area contributed by atoms with E-state index in [1.807, 2.05) is 56.3 Å². The molecule has 0 aliphatic heterocycles. The Hall–Kier alpha value is -2.73. The predicted molar refractivity (Wildman–Crippen MR) is 103 cm³/mol. The number of amides is 1. The lowest BCUT2D eigenvalue weighted by Gasteiger charge is -2.10. The summed E-state index contributed by atoms with van der Waals surface area (Å²) < 4.78 is 0.987. The molecular weight excluding hydrogens is 380 g/mol. The predicted octanol–water partition coefficient (Wildman–Crippen LogP) is 4.85. The number of nitrogens with one attached hydrogen (secondary N) is 2. The number of aryl methyl sites for hydroxylation is 1. The Kier molecular flexibility index (Phi) is 5.09. The Morgan fingerprint density at radius 1 is 1.04 bits per heavy atom. The minimum Gasteiger partial charge on any atom is -0.324 e. The number of hydrogen-bond acceptors (Lipinski definition) is 4. The topological polar surface area (TPSA) is 66.9 Å². The van der Waals surface area contributed by atoms with Gasteiger partial charge in [-0.15, -0.1) is 0 Å². The lowest BCUT2D eigenvalue weighted by Crippen LogP contribution is -2.15. The highest BCUT2D eigenvalue weighted by atomic mass is 79.9. The second-order valence-corrected chi connectivity index (χ2v) is 6.51. The summed E-state index contributed by atoms with van der Waals surface area (Å²) >= 11 is 3.39. The van der Waals surface area contributed by atoms with Gasteiger partial charge < -0.3 is 10.6 Å². The maximum Gasteiger partial charge on any atom is 0.274 e. The molecule has 0 aliphatic carbocycles. The molecule has 3 aromatic rings. The molecule has 0 spiro atoms. The Balaban J connectivity index is 1.77. The Morgan fingerprint density at radius 2 is 1.80 bits per heavy atom. The number of nitrogens with zero attached hydrogens (tertiary/aromatic N) is 2. The van der Waals surface area contributed by atoms with E-state index in [-0.39, 0.29) is 5.91 Å². The van der Waals surface area contributed by atoms with E-state index < -0.39 is 0 Å². The fraction of sp³-hybridized carbons (Fsp3) is 0.105. The molecule has 0 bridgehead atoms. The summed E-state index contributed by atoms with van der Waals surface area (Å²) in [5, 5.41) is 5.99. The van der Waals surface area contributed by atoms with Gasteiger partial charge >= 0.3 is 0 Å². The van der Waals surface area contributed by atoms with Crippen molar-refractivity contribution in [3.8, 4) is 0 Å². The van der Waals surface area contributed by atoms with E-state index >= 15 is 0 Å². The third kappa shape index (κ3) is 4.22. The van der Waals surface area contributed by atoms with Crippen LogP contribution < -0.4 is 10.6 Å². The van der Waals surface area contributed by atoms with E-state index in [4.69, 9.17) is 0 Å². The van der Waals surface area contributed by atoms with Crippen molar-refractivity contribution in [3.05, 3.63) is 76.0 Å². The number of carbonyl (C=O) groups excluding carboxylic acids is 1. The molecule has 2 aromatic carbocycles. The minimum atomic E-state index is -0.269. The zero-order chi connectivity index (χ0) is 17.8. The number of anilines is 3. The van der Waals surface area contributed by atoms with Crippen LogP contribution in [-0.4, -0.2) is 15.9 Å². The third-order valence-electron chi connectivity index (χ3n) is 3.84. The van der Waals surface area contributed by atoms with Gasteiger partial charge in [-0.05, 0) is 61.4 Å². The van der Waals surface area contributed by atoms with E-state index in [0.717, 1.165) is 27.0 Å². The van der Waals surface area contributed by atoms with Crippen LogP contribution in [0.1, 0.15) is 21.6 Å². The van der Waals surface area contributed by atoms with Crippen molar-refractivity contribution in [2.24, 2.45) is 0 Å². The molecule has 0 saturated carbocycles. The first-order valence-corrected chi connectivity index (χ1v) is 8.55. The van der Waals surface area contributed by atoms with Gasteiger partial charge in [0.1, 0.15) is 5.69 Å². The molecule has 0 fully saturated rings. The minimum absolute atomic E-state index is 0.269. The fourth-order valence-corrected chi connectivity index (χ4v) is 2.54. The monoisotopic (exact) mass is 396 g/mol. The van der Waals surface area contributed by atoms with E-state index in [1.165, 1.54) is 0 Å². The molecule has 0 radical (unpaired) electrons. The molecule has 5 nitrogen and oxygen atoms in total. The van der Waals surface area contributed by atoms with Crippen LogP contribution in [0.25, 0.3) is 0 Å². The van der Waals surface area contributed by atoms with Crippen LogP contribution in [-0.2, 0) is 0 Å². The number of carbonyl (C=O) groups is 1. The van der Waals surface area contributed by atoms with E-state index in [9.17, 15) is 4.79 Å². The first kappa shape index (κ1) is 17.1. The van der Waals surface area contributed by atoms with Crippen LogP contribution in [0.3, 0.4) is 0 Å². The van der Waals surface area contributed by atoms with Crippen molar-refractivity contribution in [2.45, 2.75) is 13.8 Å².